The van der Waals surface area contributed by atoms with Crippen LogP contribution in [0.15, 0.2) is 23.8 Å². The number of aliphatic hydroxyl groups excluding tert-OH is 1. The minimum absolute atomic E-state index is 0.0935. The number of aliphatic hydroxyl groups is 1. The van der Waals surface area contributed by atoms with Gasteiger partial charge in [-0.3, -0.25) is 0 Å². The van der Waals surface area contributed by atoms with Gasteiger partial charge < -0.3 is 9.84 Å². The highest BCUT2D eigenvalue weighted by molar-refractivity contribution is 5.85. The third-order valence-corrected chi connectivity index (χ3v) is 9.49. The fourth-order valence-corrected chi connectivity index (χ4v) is 8.22. The predicted octanol–water partition coefficient (Wildman–Crippen LogP) is 5.44. The molecule has 0 unspecified atom stereocenters. The van der Waals surface area contributed by atoms with Gasteiger partial charge >= 0.3 is 5.97 Å². The van der Waals surface area contributed by atoms with Gasteiger partial charge in [0.05, 0.1) is 6.61 Å². The Hall–Kier alpha value is -1.09. The van der Waals surface area contributed by atoms with Gasteiger partial charge in [0, 0.05) is 11.6 Å². The maximum Gasteiger partial charge on any atom is 0.331 e. The fourth-order valence-electron chi connectivity index (χ4n) is 8.22. The zero-order valence-corrected chi connectivity index (χ0v) is 18.2. The Bertz CT molecular complexity index is 705. The Morgan fingerprint density at radius 3 is 2.57 bits per heavy atom. The number of esters is 1. The van der Waals surface area contributed by atoms with Gasteiger partial charge in [0.15, 0.2) is 0 Å². The topological polar surface area (TPSA) is 46.5 Å². The van der Waals surface area contributed by atoms with Crippen molar-refractivity contribution < 1.29 is 14.6 Å². The molecule has 0 amide bonds. The Morgan fingerprint density at radius 2 is 1.86 bits per heavy atom. The normalized spacial score (nSPS) is 45.1. The van der Waals surface area contributed by atoms with Gasteiger partial charge in [0.2, 0.25) is 0 Å². The Morgan fingerprint density at radius 1 is 1.11 bits per heavy atom. The van der Waals surface area contributed by atoms with E-state index in [9.17, 15) is 9.90 Å². The van der Waals surface area contributed by atoms with E-state index in [0.717, 1.165) is 24.3 Å². The zero-order valence-electron chi connectivity index (χ0n) is 18.2. The number of ether oxygens (including phenoxy) is 1. The third-order valence-electron chi connectivity index (χ3n) is 9.49. The summed E-state index contributed by atoms with van der Waals surface area (Å²) in [6.07, 6.45) is 10.9. The number of cyclic esters (lactones) is 1. The summed E-state index contributed by atoms with van der Waals surface area (Å²) in [4.78, 5) is 11.8. The standard InChI is InChI=1S/C25H38O3/c1-16-7-8-21-24(4,18(16)14-19-17(15-26)13-22(27)28-19)12-9-20-23(2,3)10-6-11-25(20,21)5/h13,18-21,26H,1,6-12,14-15H2,2-5H3/t18-,19+,20+,21+,24+,25+/m1/s1. The SMILES string of the molecule is C=C1CC[C@H]2[C@@](C)(CC[C@H]3C(C)(C)CCC[C@]23C)[C@@H]1C[C@@H]1OC(=O)C=C1CO. The van der Waals surface area contributed by atoms with E-state index in [-0.39, 0.29) is 24.1 Å². The first-order valence-corrected chi connectivity index (χ1v) is 11.3. The van der Waals surface area contributed by atoms with E-state index in [1.54, 1.807) is 0 Å². The van der Waals surface area contributed by atoms with Crippen molar-refractivity contribution >= 4 is 5.97 Å². The van der Waals surface area contributed by atoms with Crippen molar-refractivity contribution in [1.82, 2.24) is 0 Å². The molecular formula is C25H38O3. The van der Waals surface area contributed by atoms with Crippen LogP contribution < -0.4 is 0 Å². The first-order valence-electron chi connectivity index (χ1n) is 11.3. The van der Waals surface area contributed by atoms with Crippen molar-refractivity contribution in [3.8, 4) is 0 Å². The van der Waals surface area contributed by atoms with Crippen LogP contribution in [0.3, 0.4) is 0 Å². The van der Waals surface area contributed by atoms with Gasteiger partial charge in [0.1, 0.15) is 6.10 Å². The van der Waals surface area contributed by atoms with Gasteiger partial charge in [-0.2, -0.15) is 0 Å². The largest absolute Gasteiger partial charge is 0.455 e. The summed E-state index contributed by atoms with van der Waals surface area (Å²) in [5, 5.41) is 9.68. The van der Waals surface area contributed by atoms with Crippen molar-refractivity contribution in [2.24, 2.45) is 34.0 Å². The summed E-state index contributed by atoms with van der Waals surface area (Å²) >= 11 is 0. The van der Waals surface area contributed by atoms with E-state index in [1.807, 2.05) is 0 Å². The van der Waals surface area contributed by atoms with Crippen molar-refractivity contribution in [2.75, 3.05) is 6.61 Å². The molecule has 28 heavy (non-hydrogen) atoms. The van der Waals surface area contributed by atoms with Gasteiger partial charge in [-0.05, 0) is 78.9 Å². The van der Waals surface area contributed by atoms with Crippen LogP contribution >= 0.6 is 0 Å². The molecule has 3 heteroatoms. The molecule has 0 aromatic carbocycles. The molecule has 0 spiro atoms. The molecule has 0 bridgehead atoms. The highest BCUT2D eigenvalue weighted by atomic mass is 16.5. The van der Waals surface area contributed by atoms with E-state index in [2.05, 4.69) is 34.3 Å². The molecule has 3 nitrogen and oxygen atoms in total. The molecule has 1 aliphatic heterocycles. The number of hydrogen-bond acceptors (Lipinski definition) is 3. The molecular weight excluding hydrogens is 348 g/mol. The van der Waals surface area contributed by atoms with Gasteiger partial charge in [-0.15, -0.1) is 0 Å². The number of hydrogen-bond donors (Lipinski definition) is 1. The number of fused-ring (bicyclic) bond motifs is 3. The number of rotatable bonds is 3. The molecule has 156 valence electrons. The van der Waals surface area contributed by atoms with E-state index in [4.69, 9.17) is 4.74 Å². The van der Waals surface area contributed by atoms with Crippen molar-refractivity contribution in [3.05, 3.63) is 23.8 Å². The highest BCUT2D eigenvalue weighted by Gasteiger charge is 2.61. The quantitative estimate of drug-likeness (QED) is 0.519. The molecule has 0 saturated heterocycles. The summed E-state index contributed by atoms with van der Waals surface area (Å²) < 4.78 is 5.57. The summed E-state index contributed by atoms with van der Waals surface area (Å²) in [6.45, 7) is 14.4. The monoisotopic (exact) mass is 386 g/mol. The summed E-state index contributed by atoms with van der Waals surface area (Å²) in [6, 6.07) is 0. The second kappa shape index (κ2) is 6.72. The van der Waals surface area contributed by atoms with Gasteiger partial charge in [-0.1, -0.05) is 46.3 Å². The van der Waals surface area contributed by atoms with Crippen LogP contribution in [0.4, 0.5) is 0 Å². The van der Waals surface area contributed by atoms with Gasteiger partial charge in [-0.25, -0.2) is 4.79 Å². The average molecular weight is 387 g/mol. The summed E-state index contributed by atoms with van der Waals surface area (Å²) in [5.41, 5.74) is 3.11. The van der Waals surface area contributed by atoms with Crippen LogP contribution in [-0.2, 0) is 9.53 Å². The predicted molar refractivity (Wildman–Crippen MR) is 112 cm³/mol. The molecule has 0 aromatic heterocycles. The molecule has 0 aromatic rings. The highest BCUT2D eigenvalue weighted by Crippen LogP contribution is 2.69. The number of carbonyl (C=O) groups is 1. The fraction of sp³-hybridized carbons (Fsp3) is 0.800. The summed E-state index contributed by atoms with van der Waals surface area (Å²) in [7, 11) is 0. The molecule has 1 heterocycles. The minimum atomic E-state index is -0.304. The zero-order chi connectivity index (χ0) is 20.3. The molecule has 3 aliphatic carbocycles. The number of allylic oxidation sites excluding steroid dienone is 1. The van der Waals surface area contributed by atoms with E-state index in [0.29, 0.717) is 22.7 Å². The lowest BCUT2D eigenvalue weighted by Crippen LogP contribution is -2.58. The Kier molecular flexibility index (Phi) is 4.85. The van der Waals surface area contributed by atoms with Crippen LogP contribution in [0, 0.1) is 34.0 Å². The molecule has 6 atom stereocenters. The Labute approximate surface area is 170 Å². The van der Waals surface area contributed by atoms with E-state index < -0.39 is 0 Å². The first kappa shape index (κ1) is 20.2. The third kappa shape index (κ3) is 2.91. The maximum absolute atomic E-state index is 11.8. The van der Waals surface area contributed by atoms with Crippen molar-refractivity contribution in [3.63, 3.8) is 0 Å². The second-order valence-electron chi connectivity index (χ2n) is 11.3. The molecule has 3 fully saturated rings. The minimum Gasteiger partial charge on any atom is -0.455 e. The second-order valence-corrected chi connectivity index (χ2v) is 11.3. The van der Waals surface area contributed by atoms with Crippen LogP contribution in [0.2, 0.25) is 0 Å². The van der Waals surface area contributed by atoms with Crippen LogP contribution in [0.25, 0.3) is 0 Å². The van der Waals surface area contributed by atoms with Crippen molar-refractivity contribution in [2.45, 2.75) is 85.2 Å². The number of carbonyl (C=O) groups excluding carboxylic acids is 1. The summed E-state index contributed by atoms with van der Waals surface area (Å²) in [5.74, 6) is 1.56. The van der Waals surface area contributed by atoms with Crippen molar-refractivity contribution in [1.29, 1.82) is 0 Å². The molecule has 4 rings (SSSR count). The van der Waals surface area contributed by atoms with E-state index >= 15 is 0 Å². The smallest absolute Gasteiger partial charge is 0.331 e. The maximum atomic E-state index is 11.8. The lowest BCUT2D eigenvalue weighted by molar-refractivity contribution is -0.159. The first-order chi connectivity index (χ1) is 13.1. The van der Waals surface area contributed by atoms with E-state index in [1.165, 1.54) is 50.2 Å². The molecule has 3 saturated carbocycles. The molecule has 1 N–H and O–H groups in total. The molecule has 0 radical (unpaired) electrons. The van der Waals surface area contributed by atoms with Crippen LogP contribution in [-0.4, -0.2) is 23.8 Å². The Balaban J connectivity index is 1.64. The lowest BCUT2D eigenvalue weighted by atomic mass is 9.39. The lowest BCUT2D eigenvalue weighted by Gasteiger charge is -2.66. The molecule has 4 aliphatic rings. The average Bonchev–Trinajstić information content (AvgIpc) is 2.96. The van der Waals surface area contributed by atoms with Crippen LogP contribution in [0.1, 0.15) is 79.1 Å². The van der Waals surface area contributed by atoms with Crippen LogP contribution in [0.5, 0.6) is 0 Å². The van der Waals surface area contributed by atoms with Gasteiger partial charge in [0.25, 0.3) is 0 Å².